The molecule has 6 heteroatoms. The van der Waals surface area contributed by atoms with E-state index < -0.39 is 10.0 Å². The summed E-state index contributed by atoms with van der Waals surface area (Å²) in [6.45, 7) is 5.86. The normalized spacial score (nSPS) is 11.6. The maximum atomic E-state index is 12.9. The van der Waals surface area contributed by atoms with E-state index in [1.807, 2.05) is 6.92 Å². The topological polar surface area (TPSA) is 49.4 Å². The Hall–Kier alpha value is -1.14. The van der Waals surface area contributed by atoms with E-state index in [1.165, 1.54) is 28.6 Å². The van der Waals surface area contributed by atoms with Gasteiger partial charge in [-0.05, 0) is 57.1 Å². The predicted octanol–water partition coefficient (Wildman–Crippen LogP) is 2.37. The smallest absolute Gasteiger partial charge is 0.235 e. The molecule has 1 rings (SSSR count). The van der Waals surface area contributed by atoms with Crippen molar-refractivity contribution in [1.29, 1.82) is 0 Å². The van der Waals surface area contributed by atoms with Crippen LogP contribution in [0.15, 0.2) is 24.3 Å². The fraction of sp³-hybridized carbons (Fsp3) is 0.571. The molecule has 0 aliphatic carbocycles. The third-order valence-electron chi connectivity index (χ3n) is 2.99. The Kier molecular flexibility index (Phi) is 6.95. The van der Waals surface area contributed by atoms with Crippen LogP contribution in [0.3, 0.4) is 0 Å². The number of benzene rings is 1. The van der Waals surface area contributed by atoms with E-state index in [0.29, 0.717) is 18.7 Å². The Morgan fingerprint density at radius 3 is 2.35 bits per heavy atom. The van der Waals surface area contributed by atoms with Gasteiger partial charge < -0.3 is 5.32 Å². The summed E-state index contributed by atoms with van der Waals surface area (Å²) in [6, 6.07) is 5.54. The number of sulfonamides is 1. The number of rotatable bonds is 9. The highest BCUT2D eigenvalue weighted by Gasteiger charge is 2.20. The Labute approximate surface area is 121 Å². The van der Waals surface area contributed by atoms with Crippen LogP contribution in [0.2, 0.25) is 0 Å². The van der Waals surface area contributed by atoms with Crippen LogP contribution < -0.4 is 9.62 Å². The summed E-state index contributed by atoms with van der Waals surface area (Å²) < 4.78 is 38.8. The zero-order chi connectivity index (χ0) is 15.0. The highest BCUT2D eigenvalue weighted by atomic mass is 32.2. The highest BCUT2D eigenvalue weighted by Crippen LogP contribution is 2.19. The first kappa shape index (κ1) is 16.9. The summed E-state index contributed by atoms with van der Waals surface area (Å²) in [5, 5.41) is 3.17. The Bertz CT molecular complexity index is 488. The van der Waals surface area contributed by atoms with Gasteiger partial charge in [0.2, 0.25) is 10.0 Å². The highest BCUT2D eigenvalue weighted by molar-refractivity contribution is 7.92. The summed E-state index contributed by atoms with van der Waals surface area (Å²) in [6.07, 6.45) is 1.45. The molecule has 0 heterocycles. The van der Waals surface area contributed by atoms with Crippen molar-refractivity contribution in [3.8, 4) is 0 Å². The van der Waals surface area contributed by atoms with Crippen LogP contribution in [0, 0.1) is 5.82 Å². The summed E-state index contributed by atoms with van der Waals surface area (Å²) in [5.41, 5.74) is 0.514. The van der Waals surface area contributed by atoms with Gasteiger partial charge in [-0.15, -0.1) is 0 Å². The van der Waals surface area contributed by atoms with E-state index in [-0.39, 0.29) is 11.6 Å². The zero-order valence-corrected chi connectivity index (χ0v) is 12.9. The Balaban J connectivity index is 2.65. The molecular weight excluding hydrogens is 279 g/mol. The minimum atomic E-state index is -3.34. The van der Waals surface area contributed by atoms with Crippen LogP contribution in [0.1, 0.15) is 26.7 Å². The first-order chi connectivity index (χ1) is 9.51. The first-order valence-electron chi connectivity index (χ1n) is 6.98. The van der Waals surface area contributed by atoms with Gasteiger partial charge in [0.15, 0.2) is 0 Å². The molecule has 0 bridgehead atoms. The van der Waals surface area contributed by atoms with Crippen LogP contribution in [0.25, 0.3) is 0 Å². The van der Waals surface area contributed by atoms with E-state index in [9.17, 15) is 12.8 Å². The van der Waals surface area contributed by atoms with E-state index in [2.05, 4.69) is 5.32 Å². The van der Waals surface area contributed by atoms with Gasteiger partial charge in [0.25, 0.3) is 0 Å². The van der Waals surface area contributed by atoms with Gasteiger partial charge in [-0.1, -0.05) is 6.92 Å². The number of nitrogens with zero attached hydrogens (tertiary/aromatic N) is 1. The quantitative estimate of drug-likeness (QED) is 0.713. The number of unbranched alkanes of at least 4 members (excludes halogenated alkanes) is 1. The van der Waals surface area contributed by atoms with Gasteiger partial charge in [-0.2, -0.15) is 0 Å². The average Bonchev–Trinajstić information content (AvgIpc) is 2.41. The lowest BCUT2D eigenvalue weighted by Crippen LogP contribution is -2.33. The molecule has 114 valence electrons. The molecule has 0 amide bonds. The molecule has 0 unspecified atom stereocenters. The van der Waals surface area contributed by atoms with E-state index in [0.717, 1.165) is 19.5 Å². The summed E-state index contributed by atoms with van der Waals surface area (Å²) in [4.78, 5) is 0. The molecule has 1 aromatic rings. The van der Waals surface area contributed by atoms with Crippen molar-refractivity contribution in [2.75, 3.05) is 29.7 Å². The van der Waals surface area contributed by atoms with Gasteiger partial charge >= 0.3 is 0 Å². The van der Waals surface area contributed by atoms with Crippen LogP contribution in [0.5, 0.6) is 0 Å². The van der Waals surface area contributed by atoms with Crippen LogP contribution in [-0.4, -0.2) is 33.8 Å². The van der Waals surface area contributed by atoms with E-state index >= 15 is 0 Å². The molecular formula is C14H23FN2O2S. The SMILES string of the molecule is CCNCCCCS(=O)(=O)N(CC)c1ccc(F)cc1. The van der Waals surface area contributed by atoms with Crippen LogP contribution >= 0.6 is 0 Å². The molecule has 0 radical (unpaired) electrons. The van der Waals surface area contributed by atoms with Gasteiger partial charge in [0.1, 0.15) is 5.82 Å². The maximum Gasteiger partial charge on any atom is 0.235 e. The van der Waals surface area contributed by atoms with Crippen molar-refractivity contribution >= 4 is 15.7 Å². The van der Waals surface area contributed by atoms with Gasteiger partial charge in [0.05, 0.1) is 11.4 Å². The van der Waals surface area contributed by atoms with Crippen molar-refractivity contribution in [3.63, 3.8) is 0 Å². The van der Waals surface area contributed by atoms with Crippen molar-refractivity contribution in [1.82, 2.24) is 5.32 Å². The average molecular weight is 302 g/mol. The zero-order valence-electron chi connectivity index (χ0n) is 12.1. The molecule has 1 aromatic carbocycles. The molecule has 4 nitrogen and oxygen atoms in total. The summed E-state index contributed by atoms with van der Waals surface area (Å²) in [5.74, 6) is -0.253. The minimum Gasteiger partial charge on any atom is -0.317 e. The van der Waals surface area contributed by atoms with Crippen molar-refractivity contribution < 1.29 is 12.8 Å². The third kappa shape index (κ3) is 5.09. The summed E-state index contributed by atoms with van der Waals surface area (Å²) >= 11 is 0. The molecule has 0 aromatic heterocycles. The fourth-order valence-corrected chi connectivity index (χ4v) is 3.59. The number of nitrogens with one attached hydrogen (secondary N) is 1. The van der Waals surface area contributed by atoms with E-state index in [1.54, 1.807) is 6.92 Å². The fourth-order valence-electron chi connectivity index (χ4n) is 1.97. The lowest BCUT2D eigenvalue weighted by Gasteiger charge is -2.22. The Morgan fingerprint density at radius 1 is 1.15 bits per heavy atom. The lowest BCUT2D eigenvalue weighted by atomic mass is 10.3. The van der Waals surface area contributed by atoms with Crippen molar-refractivity contribution in [2.45, 2.75) is 26.7 Å². The molecule has 0 aliphatic rings. The lowest BCUT2D eigenvalue weighted by molar-refractivity contribution is 0.584. The number of anilines is 1. The van der Waals surface area contributed by atoms with Crippen molar-refractivity contribution in [3.05, 3.63) is 30.1 Å². The van der Waals surface area contributed by atoms with Crippen molar-refractivity contribution in [2.24, 2.45) is 0 Å². The number of halogens is 1. The third-order valence-corrected chi connectivity index (χ3v) is 4.94. The number of hydrogen-bond donors (Lipinski definition) is 1. The first-order valence-corrected chi connectivity index (χ1v) is 8.59. The van der Waals surface area contributed by atoms with Crippen LogP contribution in [0.4, 0.5) is 10.1 Å². The van der Waals surface area contributed by atoms with E-state index in [4.69, 9.17) is 0 Å². The molecule has 0 spiro atoms. The second kappa shape index (κ2) is 8.21. The summed E-state index contributed by atoms with van der Waals surface area (Å²) in [7, 11) is -3.34. The van der Waals surface area contributed by atoms with Crippen LogP contribution in [-0.2, 0) is 10.0 Å². The molecule has 0 saturated carbocycles. The van der Waals surface area contributed by atoms with Gasteiger partial charge in [-0.3, -0.25) is 4.31 Å². The second-order valence-corrected chi connectivity index (χ2v) is 6.53. The standard InChI is InChI=1S/C14H23FN2O2S/c1-3-16-11-5-6-12-20(18,19)17(4-2)14-9-7-13(15)8-10-14/h7-10,16H,3-6,11-12H2,1-2H3. The molecule has 0 atom stereocenters. The number of hydrogen-bond acceptors (Lipinski definition) is 3. The Morgan fingerprint density at radius 2 is 1.80 bits per heavy atom. The molecule has 0 aliphatic heterocycles. The molecule has 0 fully saturated rings. The minimum absolute atomic E-state index is 0.115. The predicted molar refractivity (Wildman–Crippen MR) is 81.0 cm³/mol. The van der Waals surface area contributed by atoms with Gasteiger partial charge in [0, 0.05) is 6.54 Å². The molecule has 0 saturated heterocycles. The largest absolute Gasteiger partial charge is 0.317 e. The monoisotopic (exact) mass is 302 g/mol. The molecule has 20 heavy (non-hydrogen) atoms. The maximum absolute atomic E-state index is 12.9. The van der Waals surface area contributed by atoms with Gasteiger partial charge in [-0.25, -0.2) is 12.8 Å². The molecule has 1 N–H and O–H groups in total. The second-order valence-electron chi connectivity index (χ2n) is 4.52.